The third-order valence-corrected chi connectivity index (χ3v) is 5.12. The van der Waals surface area contributed by atoms with E-state index in [0.717, 1.165) is 15.8 Å². The van der Waals surface area contributed by atoms with Crippen LogP contribution in [0.1, 0.15) is 29.7 Å². The standard InChI is InChI=1S/C16H17BrOS/c1-11-5-3-4-6-14(11)10-19-16-8-7-13(12(2)18)9-15(16)17/h3-9,12,18H,10H2,1-2H3. The van der Waals surface area contributed by atoms with Gasteiger partial charge in [-0.25, -0.2) is 0 Å². The number of aliphatic hydroxyl groups excluding tert-OH is 1. The third kappa shape index (κ3) is 3.85. The highest BCUT2D eigenvalue weighted by Crippen LogP contribution is 2.32. The van der Waals surface area contributed by atoms with Crippen LogP contribution in [0.3, 0.4) is 0 Å². The Hall–Kier alpha value is -0.770. The van der Waals surface area contributed by atoms with E-state index in [-0.39, 0.29) is 0 Å². The molecule has 0 fully saturated rings. The summed E-state index contributed by atoms with van der Waals surface area (Å²) in [4.78, 5) is 1.20. The fourth-order valence-corrected chi connectivity index (χ4v) is 3.56. The van der Waals surface area contributed by atoms with Crippen molar-refractivity contribution in [3.05, 3.63) is 63.6 Å². The lowest BCUT2D eigenvalue weighted by Crippen LogP contribution is -1.91. The van der Waals surface area contributed by atoms with Crippen molar-refractivity contribution in [3.8, 4) is 0 Å². The van der Waals surface area contributed by atoms with Crippen molar-refractivity contribution >= 4 is 27.7 Å². The van der Waals surface area contributed by atoms with Crippen molar-refractivity contribution in [1.82, 2.24) is 0 Å². The first-order valence-electron chi connectivity index (χ1n) is 6.22. The van der Waals surface area contributed by atoms with Gasteiger partial charge in [0.2, 0.25) is 0 Å². The van der Waals surface area contributed by atoms with E-state index in [1.165, 1.54) is 16.0 Å². The molecule has 0 radical (unpaired) electrons. The van der Waals surface area contributed by atoms with Gasteiger partial charge in [-0.15, -0.1) is 11.8 Å². The van der Waals surface area contributed by atoms with Crippen molar-refractivity contribution in [2.45, 2.75) is 30.6 Å². The van der Waals surface area contributed by atoms with Gasteiger partial charge in [-0.1, -0.05) is 30.3 Å². The van der Waals surface area contributed by atoms with Crippen LogP contribution in [-0.4, -0.2) is 5.11 Å². The lowest BCUT2D eigenvalue weighted by molar-refractivity contribution is 0.199. The van der Waals surface area contributed by atoms with Crippen LogP contribution in [0.2, 0.25) is 0 Å². The van der Waals surface area contributed by atoms with Crippen molar-refractivity contribution in [2.24, 2.45) is 0 Å². The monoisotopic (exact) mass is 336 g/mol. The minimum Gasteiger partial charge on any atom is -0.389 e. The average Bonchev–Trinajstić information content (AvgIpc) is 2.39. The average molecular weight is 337 g/mol. The Balaban J connectivity index is 2.10. The zero-order chi connectivity index (χ0) is 13.8. The molecule has 1 nitrogen and oxygen atoms in total. The minimum absolute atomic E-state index is 0.424. The minimum atomic E-state index is -0.424. The third-order valence-electron chi connectivity index (χ3n) is 3.08. The van der Waals surface area contributed by atoms with Crippen molar-refractivity contribution < 1.29 is 5.11 Å². The lowest BCUT2D eigenvalue weighted by atomic mass is 10.1. The second-order valence-corrected chi connectivity index (χ2v) is 6.45. The van der Waals surface area contributed by atoms with E-state index >= 15 is 0 Å². The number of hydrogen-bond donors (Lipinski definition) is 1. The van der Waals surface area contributed by atoms with Gasteiger partial charge in [-0.3, -0.25) is 0 Å². The molecule has 2 aromatic rings. The Kier molecular flexibility index (Phi) is 5.08. The van der Waals surface area contributed by atoms with Gasteiger partial charge < -0.3 is 5.11 Å². The van der Waals surface area contributed by atoms with Gasteiger partial charge in [0.05, 0.1) is 6.10 Å². The molecular formula is C16H17BrOS. The molecule has 0 aliphatic carbocycles. The molecule has 0 amide bonds. The molecule has 0 aliphatic heterocycles. The molecule has 19 heavy (non-hydrogen) atoms. The van der Waals surface area contributed by atoms with Crippen LogP contribution in [0.15, 0.2) is 51.8 Å². The number of rotatable bonds is 4. The summed E-state index contributed by atoms with van der Waals surface area (Å²) in [6.07, 6.45) is -0.424. The van der Waals surface area contributed by atoms with Gasteiger partial charge in [0.25, 0.3) is 0 Å². The first kappa shape index (κ1) is 14.6. The molecule has 0 bridgehead atoms. The first-order chi connectivity index (χ1) is 9.08. The highest BCUT2D eigenvalue weighted by atomic mass is 79.9. The molecule has 1 atom stereocenters. The van der Waals surface area contributed by atoms with Gasteiger partial charge >= 0.3 is 0 Å². The van der Waals surface area contributed by atoms with E-state index in [1.54, 1.807) is 18.7 Å². The van der Waals surface area contributed by atoms with E-state index < -0.39 is 6.10 Å². The molecule has 3 heteroatoms. The van der Waals surface area contributed by atoms with E-state index in [2.05, 4.69) is 53.2 Å². The van der Waals surface area contributed by atoms with Crippen LogP contribution in [-0.2, 0) is 5.75 Å². The Bertz CT molecular complexity index is 566. The van der Waals surface area contributed by atoms with Gasteiger partial charge in [0.1, 0.15) is 0 Å². The Morgan fingerprint density at radius 1 is 1.21 bits per heavy atom. The summed E-state index contributed by atoms with van der Waals surface area (Å²) >= 11 is 5.38. The number of benzene rings is 2. The Morgan fingerprint density at radius 3 is 2.58 bits per heavy atom. The number of hydrogen-bond acceptors (Lipinski definition) is 2. The molecule has 0 heterocycles. The van der Waals surface area contributed by atoms with E-state index in [0.29, 0.717) is 0 Å². The van der Waals surface area contributed by atoms with Crippen LogP contribution in [0.25, 0.3) is 0 Å². The molecule has 2 aromatic carbocycles. The maximum atomic E-state index is 9.56. The van der Waals surface area contributed by atoms with Crippen molar-refractivity contribution in [2.75, 3.05) is 0 Å². The molecule has 0 aromatic heterocycles. The number of halogens is 1. The van der Waals surface area contributed by atoms with Gasteiger partial charge in [0.15, 0.2) is 0 Å². The molecule has 100 valence electrons. The van der Waals surface area contributed by atoms with Gasteiger partial charge in [-0.2, -0.15) is 0 Å². The topological polar surface area (TPSA) is 20.2 Å². The normalized spacial score (nSPS) is 12.4. The highest BCUT2D eigenvalue weighted by Gasteiger charge is 2.06. The van der Waals surface area contributed by atoms with Crippen LogP contribution < -0.4 is 0 Å². The number of aliphatic hydroxyl groups is 1. The molecule has 0 saturated heterocycles. The van der Waals surface area contributed by atoms with Crippen LogP contribution in [0, 0.1) is 6.92 Å². The fraction of sp³-hybridized carbons (Fsp3) is 0.250. The van der Waals surface area contributed by atoms with Crippen molar-refractivity contribution in [1.29, 1.82) is 0 Å². The summed E-state index contributed by atoms with van der Waals surface area (Å²) < 4.78 is 1.05. The maximum absolute atomic E-state index is 9.56. The summed E-state index contributed by atoms with van der Waals surface area (Å²) in [7, 11) is 0. The second-order valence-electron chi connectivity index (χ2n) is 4.58. The van der Waals surface area contributed by atoms with E-state index in [9.17, 15) is 5.11 Å². The lowest BCUT2D eigenvalue weighted by Gasteiger charge is -2.10. The molecule has 1 unspecified atom stereocenters. The van der Waals surface area contributed by atoms with Crippen LogP contribution >= 0.6 is 27.7 Å². The quantitative estimate of drug-likeness (QED) is 0.783. The van der Waals surface area contributed by atoms with Crippen LogP contribution in [0.5, 0.6) is 0 Å². The highest BCUT2D eigenvalue weighted by molar-refractivity contribution is 9.10. The molecule has 0 spiro atoms. The summed E-state index contributed by atoms with van der Waals surface area (Å²) in [5, 5.41) is 9.56. The zero-order valence-corrected chi connectivity index (χ0v) is 13.5. The van der Waals surface area contributed by atoms with E-state index in [1.807, 2.05) is 12.1 Å². The predicted molar refractivity (Wildman–Crippen MR) is 85.5 cm³/mol. The smallest absolute Gasteiger partial charge is 0.0762 e. The number of thioether (sulfide) groups is 1. The Labute approximate surface area is 127 Å². The molecule has 2 rings (SSSR count). The zero-order valence-electron chi connectivity index (χ0n) is 11.1. The fourth-order valence-electron chi connectivity index (χ4n) is 1.82. The Morgan fingerprint density at radius 2 is 1.95 bits per heavy atom. The largest absolute Gasteiger partial charge is 0.389 e. The molecule has 0 aliphatic rings. The summed E-state index contributed by atoms with van der Waals surface area (Å²) in [6.45, 7) is 3.92. The maximum Gasteiger partial charge on any atom is 0.0762 e. The summed E-state index contributed by atoms with van der Waals surface area (Å²) in [5.74, 6) is 0.958. The second kappa shape index (κ2) is 6.60. The summed E-state index contributed by atoms with van der Waals surface area (Å²) in [5.41, 5.74) is 3.62. The SMILES string of the molecule is Cc1ccccc1CSc1ccc(C(C)O)cc1Br. The van der Waals surface area contributed by atoms with Gasteiger partial charge in [-0.05, 0) is 58.6 Å². The number of aryl methyl sites for hydroxylation is 1. The van der Waals surface area contributed by atoms with Gasteiger partial charge in [0, 0.05) is 15.1 Å². The van der Waals surface area contributed by atoms with E-state index in [4.69, 9.17) is 0 Å². The van der Waals surface area contributed by atoms with Crippen LogP contribution in [0.4, 0.5) is 0 Å². The molecule has 0 saturated carbocycles. The first-order valence-corrected chi connectivity index (χ1v) is 8.00. The summed E-state index contributed by atoms with van der Waals surface area (Å²) in [6, 6.07) is 14.5. The molecular weight excluding hydrogens is 320 g/mol. The van der Waals surface area contributed by atoms with Crippen molar-refractivity contribution in [3.63, 3.8) is 0 Å². The molecule has 1 N–H and O–H groups in total. The predicted octanol–water partition coefficient (Wildman–Crippen LogP) is 5.10.